The average Bonchev–Trinajstić information content (AvgIpc) is 2.34. The van der Waals surface area contributed by atoms with E-state index in [0.717, 1.165) is 18.4 Å². The summed E-state index contributed by atoms with van der Waals surface area (Å²) in [6.45, 7) is 2.19. The third-order valence-corrected chi connectivity index (χ3v) is 2.39. The molecular weight excluding hydrogens is 204 g/mol. The second-order valence-corrected chi connectivity index (χ2v) is 3.72. The highest BCUT2D eigenvalue weighted by Gasteiger charge is 2.07. The average molecular weight is 222 g/mol. The highest BCUT2D eigenvalue weighted by Crippen LogP contribution is 2.06. The molecule has 0 aliphatic heterocycles. The van der Waals surface area contributed by atoms with E-state index in [4.69, 9.17) is 0 Å². The van der Waals surface area contributed by atoms with Gasteiger partial charge >= 0.3 is 5.97 Å². The highest BCUT2D eigenvalue weighted by molar-refractivity contribution is 5.84. The van der Waals surface area contributed by atoms with E-state index >= 15 is 0 Å². The van der Waals surface area contributed by atoms with Gasteiger partial charge in [0.15, 0.2) is 0 Å². The van der Waals surface area contributed by atoms with Gasteiger partial charge in [0.25, 0.3) is 0 Å². The predicted molar refractivity (Wildman–Crippen MR) is 61.2 cm³/mol. The van der Waals surface area contributed by atoms with Crippen LogP contribution in [-0.2, 0) is 11.2 Å². The van der Waals surface area contributed by atoms with Gasteiger partial charge in [-0.15, -0.1) is 0 Å². The maximum absolute atomic E-state index is 11.1. The molecular formula is C12H18N2O2. The van der Waals surface area contributed by atoms with Crippen LogP contribution in [0.5, 0.6) is 0 Å². The lowest BCUT2D eigenvalue weighted by molar-refractivity contribution is 0.0586. The van der Waals surface area contributed by atoms with Crippen molar-refractivity contribution in [1.29, 1.82) is 0 Å². The Balaban J connectivity index is 2.42. The number of aromatic nitrogens is 2. The van der Waals surface area contributed by atoms with E-state index in [1.807, 2.05) is 0 Å². The largest absolute Gasteiger partial charge is 0.463 e. The van der Waals surface area contributed by atoms with E-state index in [1.54, 1.807) is 12.4 Å². The number of nitrogens with zero attached hydrogens (tertiary/aromatic N) is 2. The van der Waals surface area contributed by atoms with Gasteiger partial charge in [-0.2, -0.15) is 0 Å². The first-order chi connectivity index (χ1) is 7.77. The van der Waals surface area contributed by atoms with Gasteiger partial charge in [0.1, 0.15) is 0 Å². The SMILES string of the molecule is CCCCCCc1cnc(C(=O)OC)nc1. The summed E-state index contributed by atoms with van der Waals surface area (Å²) in [5, 5.41) is 0. The lowest BCUT2D eigenvalue weighted by Crippen LogP contribution is -2.07. The number of unbranched alkanes of at least 4 members (excludes halogenated alkanes) is 3. The number of hydrogen-bond donors (Lipinski definition) is 0. The molecule has 1 rings (SSSR count). The third kappa shape index (κ3) is 3.96. The molecule has 0 fully saturated rings. The fraction of sp³-hybridized carbons (Fsp3) is 0.583. The molecule has 0 saturated carbocycles. The second kappa shape index (κ2) is 6.93. The number of aryl methyl sites for hydroxylation is 1. The summed E-state index contributed by atoms with van der Waals surface area (Å²) < 4.78 is 4.53. The molecule has 0 amide bonds. The number of carbonyl (C=O) groups excluding carboxylic acids is 1. The van der Waals surface area contributed by atoms with E-state index in [9.17, 15) is 4.79 Å². The van der Waals surface area contributed by atoms with Crippen LogP contribution >= 0.6 is 0 Å². The van der Waals surface area contributed by atoms with Crippen molar-refractivity contribution in [2.45, 2.75) is 39.0 Å². The lowest BCUT2D eigenvalue weighted by Gasteiger charge is -2.01. The van der Waals surface area contributed by atoms with Crippen LogP contribution in [-0.4, -0.2) is 23.0 Å². The Hall–Kier alpha value is -1.45. The Labute approximate surface area is 96.1 Å². The van der Waals surface area contributed by atoms with Crippen LogP contribution in [0.4, 0.5) is 0 Å². The minimum absolute atomic E-state index is 0.125. The van der Waals surface area contributed by atoms with Crippen LogP contribution in [0.3, 0.4) is 0 Å². The molecule has 1 heterocycles. The smallest absolute Gasteiger partial charge is 0.376 e. The van der Waals surface area contributed by atoms with E-state index in [2.05, 4.69) is 21.6 Å². The summed E-state index contributed by atoms with van der Waals surface area (Å²) in [5.41, 5.74) is 1.07. The molecule has 88 valence electrons. The molecule has 0 N–H and O–H groups in total. The molecule has 16 heavy (non-hydrogen) atoms. The minimum Gasteiger partial charge on any atom is -0.463 e. The van der Waals surface area contributed by atoms with Crippen LogP contribution in [0.15, 0.2) is 12.4 Å². The third-order valence-electron chi connectivity index (χ3n) is 2.39. The minimum atomic E-state index is -0.488. The van der Waals surface area contributed by atoms with Gasteiger partial charge in [-0.25, -0.2) is 14.8 Å². The zero-order chi connectivity index (χ0) is 11.8. The quantitative estimate of drug-likeness (QED) is 0.547. The Morgan fingerprint density at radius 1 is 1.25 bits per heavy atom. The summed E-state index contributed by atoms with van der Waals surface area (Å²) in [6, 6.07) is 0. The van der Waals surface area contributed by atoms with E-state index in [0.29, 0.717) is 0 Å². The highest BCUT2D eigenvalue weighted by atomic mass is 16.5. The van der Waals surface area contributed by atoms with Crippen molar-refractivity contribution in [2.24, 2.45) is 0 Å². The van der Waals surface area contributed by atoms with Crippen molar-refractivity contribution in [1.82, 2.24) is 9.97 Å². The molecule has 0 radical (unpaired) electrons. The number of esters is 1. The molecule has 4 heteroatoms. The van der Waals surface area contributed by atoms with Crippen molar-refractivity contribution < 1.29 is 9.53 Å². The van der Waals surface area contributed by atoms with Crippen molar-refractivity contribution in [3.05, 3.63) is 23.8 Å². The lowest BCUT2D eigenvalue weighted by atomic mass is 10.1. The molecule has 0 aliphatic carbocycles. The zero-order valence-electron chi connectivity index (χ0n) is 9.90. The second-order valence-electron chi connectivity index (χ2n) is 3.72. The fourth-order valence-corrected chi connectivity index (χ4v) is 1.44. The summed E-state index contributed by atoms with van der Waals surface area (Å²) in [5.74, 6) is -0.364. The Morgan fingerprint density at radius 2 is 1.94 bits per heavy atom. The van der Waals surface area contributed by atoms with E-state index in [-0.39, 0.29) is 5.82 Å². The molecule has 0 aromatic carbocycles. The molecule has 0 atom stereocenters. The standard InChI is InChI=1S/C12H18N2O2/c1-3-4-5-6-7-10-8-13-11(14-9-10)12(15)16-2/h8-9H,3-7H2,1-2H3. The van der Waals surface area contributed by atoms with Crippen molar-refractivity contribution in [3.63, 3.8) is 0 Å². The van der Waals surface area contributed by atoms with Crippen LogP contribution in [0.25, 0.3) is 0 Å². The van der Waals surface area contributed by atoms with Gasteiger partial charge in [0, 0.05) is 12.4 Å². The van der Waals surface area contributed by atoms with Gasteiger partial charge < -0.3 is 4.74 Å². The van der Waals surface area contributed by atoms with Crippen LogP contribution < -0.4 is 0 Å². The summed E-state index contributed by atoms with van der Waals surface area (Å²) in [7, 11) is 1.32. The monoisotopic (exact) mass is 222 g/mol. The van der Waals surface area contributed by atoms with Gasteiger partial charge in [0.2, 0.25) is 5.82 Å². The molecule has 0 aliphatic rings. The summed E-state index contributed by atoms with van der Waals surface area (Å²) in [4.78, 5) is 19.0. The van der Waals surface area contributed by atoms with E-state index < -0.39 is 5.97 Å². The fourth-order valence-electron chi connectivity index (χ4n) is 1.44. The molecule has 0 unspecified atom stereocenters. The number of rotatable bonds is 6. The predicted octanol–water partition coefficient (Wildman–Crippen LogP) is 2.39. The summed E-state index contributed by atoms with van der Waals surface area (Å²) >= 11 is 0. The maximum Gasteiger partial charge on any atom is 0.376 e. The van der Waals surface area contributed by atoms with Gasteiger partial charge in [-0.05, 0) is 18.4 Å². The van der Waals surface area contributed by atoms with Crippen LogP contribution in [0, 0.1) is 0 Å². The Kier molecular flexibility index (Phi) is 5.46. The molecule has 1 aromatic rings. The molecule has 0 saturated heterocycles. The number of hydrogen-bond acceptors (Lipinski definition) is 4. The Bertz CT molecular complexity index is 322. The van der Waals surface area contributed by atoms with Gasteiger partial charge in [0.05, 0.1) is 7.11 Å². The van der Waals surface area contributed by atoms with E-state index in [1.165, 1.54) is 26.4 Å². The molecule has 4 nitrogen and oxygen atoms in total. The zero-order valence-corrected chi connectivity index (χ0v) is 9.90. The molecule has 0 bridgehead atoms. The summed E-state index contributed by atoms with van der Waals surface area (Å²) in [6.07, 6.45) is 9.25. The normalized spacial score (nSPS) is 10.1. The first-order valence-electron chi connectivity index (χ1n) is 5.67. The van der Waals surface area contributed by atoms with Gasteiger partial charge in [-0.1, -0.05) is 26.2 Å². The number of ether oxygens (including phenoxy) is 1. The van der Waals surface area contributed by atoms with Crippen molar-refractivity contribution in [3.8, 4) is 0 Å². The maximum atomic E-state index is 11.1. The van der Waals surface area contributed by atoms with Crippen molar-refractivity contribution >= 4 is 5.97 Å². The van der Waals surface area contributed by atoms with Crippen molar-refractivity contribution in [2.75, 3.05) is 7.11 Å². The first kappa shape index (κ1) is 12.6. The first-order valence-corrected chi connectivity index (χ1v) is 5.67. The topological polar surface area (TPSA) is 52.1 Å². The Morgan fingerprint density at radius 3 is 2.50 bits per heavy atom. The number of methoxy groups -OCH3 is 1. The molecule has 0 spiro atoms. The number of carbonyl (C=O) groups is 1. The molecule has 1 aromatic heterocycles. The van der Waals surface area contributed by atoms with Gasteiger partial charge in [-0.3, -0.25) is 0 Å². The van der Waals surface area contributed by atoms with Crippen LogP contribution in [0.1, 0.15) is 48.8 Å². The van der Waals surface area contributed by atoms with Crippen LogP contribution in [0.2, 0.25) is 0 Å².